The second kappa shape index (κ2) is 25.6. The van der Waals surface area contributed by atoms with Crippen LogP contribution in [0.4, 0.5) is 0 Å². The van der Waals surface area contributed by atoms with Crippen molar-refractivity contribution in [3.63, 3.8) is 0 Å². The summed E-state index contributed by atoms with van der Waals surface area (Å²) in [6.45, 7) is 13.5. The highest BCUT2D eigenvalue weighted by Crippen LogP contribution is 2.65. The van der Waals surface area contributed by atoms with Gasteiger partial charge in [-0.25, -0.2) is 0 Å². The SMILES string of the molecule is CCCCCCCCCCCC(=O)NCCC(=O)N[C@@H](CCCCN)C(=O)N[C@H](C(=O)N[C@@H](C)C(=O)N[C@@H](CC(N)=O)C(=O)N[C@@H](C)B1OC2C[C@@H]3C[C@@H](C3(C)C)[C@]2(C)O1)[C@@H](C)O. The first-order chi connectivity index (χ1) is 29.7. The maximum absolute atomic E-state index is 13.5. The molecule has 4 aliphatic rings. The first-order valence-electron chi connectivity index (χ1n) is 23.5. The topological polar surface area (TPSA) is 282 Å². The van der Waals surface area contributed by atoms with Crippen molar-refractivity contribution in [2.45, 2.75) is 206 Å². The van der Waals surface area contributed by atoms with Crippen molar-refractivity contribution in [1.82, 2.24) is 31.9 Å². The summed E-state index contributed by atoms with van der Waals surface area (Å²) in [5.74, 6) is -4.51. The number of rotatable bonds is 30. The van der Waals surface area contributed by atoms with Crippen LogP contribution < -0.4 is 43.4 Å². The number of carbonyl (C=O) groups excluding carboxylic acids is 7. The van der Waals surface area contributed by atoms with E-state index in [0.29, 0.717) is 37.6 Å². The number of unbranched alkanes of at least 4 members (excludes halogenated alkanes) is 9. The van der Waals surface area contributed by atoms with Crippen molar-refractivity contribution in [2.24, 2.45) is 28.7 Å². The number of nitrogens with one attached hydrogen (secondary N) is 6. The van der Waals surface area contributed by atoms with E-state index in [9.17, 15) is 38.7 Å². The Labute approximate surface area is 374 Å². The third-order valence-electron chi connectivity index (χ3n) is 13.4. The lowest BCUT2D eigenvalue weighted by atomic mass is 9.43. The molecule has 4 fully saturated rings. The van der Waals surface area contributed by atoms with Crippen LogP contribution in [0.2, 0.25) is 0 Å². The van der Waals surface area contributed by atoms with E-state index >= 15 is 0 Å². The van der Waals surface area contributed by atoms with Crippen molar-refractivity contribution >= 4 is 48.5 Å². The minimum absolute atomic E-state index is 0.0773. The average Bonchev–Trinajstić information content (AvgIpc) is 3.58. The van der Waals surface area contributed by atoms with Crippen LogP contribution >= 0.6 is 0 Å². The number of aliphatic hydroxyl groups excluding tert-OH is 1. The van der Waals surface area contributed by atoms with Crippen molar-refractivity contribution in [2.75, 3.05) is 13.1 Å². The summed E-state index contributed by atoms with van der Waals surface area (Å²) in [7, 11) is -0.754. The van der Waals surface area contributed by atoms with Crippen LogP contribution in [0.1, 0.15) is 158 Å². The van der Waals surface area contributed by atoms with Gasteiger partial charge in [0, 0.05) is 19.4 Å². The number of hydrogen-bond donors (Lipinski definition) is 9. The van der Waals surface area contributed by atoms with Gasteiger partial charge in [-0.1, -0.05) is 72.1 Å². The molecule has 1 heterocycles. The molecule has 0 aromatic heterocycles. The first kappa shape index (κ1) is 53.5. The molecule has 1 unspecified atom stereocenters. The van der Waals surface area contributed by atoms with E-state index in [4.69, 9.17) is 20.8 Å². The lowest BCUT2D eigenvalue weighted by molar-refractivity contribution is -0.199. The van der Waals surface area contributed by atoms with Gasteiger partial charge in [0.2, 0.25) is 41.4 Å². The van der Waals surface area contributed by atoms with Crippen LogP contribution in [0.25, 0.3) is 0 Å². The number of aliphatic hydroxyl groups is 1. The quantitative estimate of drug-likeness (QED) is 0.0368. The van der Waals surface area contributed by atoms with Crippen LogP contribution in [-0.4, -0.2) is 115 Å². The zero-order valence-corrected chi connectivity index (χ0v) is 39.0. The third kappa shape index (κ3) is 16.0. The summed E-state index contributed by atoms with van der Waals surface area (Å²) in [4.78, 5) is 90.9. The Kier molecular flexibility index (Phi) is 21.8. The summed E-state index contributed by atoms with van der Waals surface area (Å²) in [5.41, 5.74) is 10.7. The van der Waals surface area contributed by atoms with Gasteiger partial charge in [-0.05, 0) is 90.0 Å². The molecule has 358 valence electrons. The molecule has 19 heteroatoms. The molecule has 1 aliphatic heterocycles. The number of hydrogen-bond acceptors (Lipinski definition) is 11. The minimum Gasteiger partial charge on any atom is -0.404 e. The van der Waals surface area contributed by atoms with Crippen molar-refractivity contribution in [3.8, 4) is 0 Å². The summed E-state index contributed by atoms with van der Waals surface area (Å²) < 4.78 is 12.7. The average molecular weight is 891 g/mol. The fourth-order valence-electron chi connectivity index (χ4n) is 9.27. The van der Waals surface area contributed by atoms with Crippen LogP contribution in [0, 0.1) is 17.3 Å². The predicted molar refractivity (Wildman–Crippen MR) is 239 cm³/mol. The molecule has 0 aromatic rings. The molecular weight excluding hydrogens is 811 g/mol. The number of carbonyl (C=O) groups is 7. The standard InChI is InChI=1S/C44H79BN8O10/c1-8-9-10-11-12-13-14-15-16-20-36(56)48-23-21-37(57)51-31(19-17-18-22-46)40(59)53-38(28(3)54)42(61)49-27(2)39(58)52-32(26-35(47)55)41(60)50-29(4)45-62-34-25-30-24-33(43(30,5)6)44(34,7)63-45/h27-34,38,54H,8-26,46H2,1-7H3,(H2,47,55)(H,48,56)(H,49,61)(H,50,60)(H,51,57)(H,52,58)(H,53,59)/t27-,28+,29-,30-,31-,32-,33-,34?,38-,44-/m0/s1. The number of primary amides is 1. The van der Waals surface area contributed by atoms with Gasteiger partial charge in [-0.2, -0.15) is 0 Å². The summed E-state index contributed by atoms with van der Waals surface area (Å²) >= 11 is 0. The summed E-state index contributed by atoms with van der Waals surface area (Å²) in [6, 6.07) is -5.33. The van der Waals surface area contributed by atoms with E-state index in [-0.39, 0.29) is 36.8 Å². The maximum atomic E-state index is 13.5. The zero-order valence-electron chi connectivity index (χ0n) is 39.0. The molecule has 0 radical (unpaired) electrons. The molecular formula is C44H79BN8O10. The highest BCUT2D eigenvalue weighted by molar-refractivity contribution is 6.47. The fraction of sp³-hybridized carbons (Fsp3) is 0.841. The molecule has 4 rings (SSSR count). The van der Waals surface area contributed by atoms with Crippen LogP contribution in [0.15, 0.2) is 0 Å². The van der Waals surface area contributed by atoms with E-state index in [2.05, 4.69) is 59.6 Å². The molecule has 10 atom stereocenters. The molecule has 63 heavy (non-hydrogen) atoms. The van der Waals surface area contributed by atoms with E-state index in [0.717, 1.165) is 32.1 Å². The van der Waals surface area contributed by atoms with Gasteiger partial charge in [0.1, 0.15) is 24.2 Å². The molecule has 11 N–H and O–H groups in total. The Hall–Kier alpha value is -3.81. The van der Waals surface area contributed by atoms with Gasteiger partial charge in [-0.3, -0.25) is 33.6 Å². The summed E-state index contributed by atoms with van der Waals surface area (Å²) in [6.07, 6.45) is 11.6. The smallest absolute Gasteiger partial charge is 0.404 e. The molecule has 18 nitrogen and oxygen atoms in total. The lowest BCUT2D eigenvalue weighted by Gasteiger charge is -2.64. The molecule has 3 aliphatic carbocycles. The van der Waals surface area contributed by atoms with Gasteiger partial charge < -0.3 is 57.8 Å². The van der Waals surface area contributed by atoms with E-state index in [1.54, 1.807) is 6.92 Å². The lowest BCUT2D eigenvalue weighted by Crippen LogP contribution is -2.65. The van der Waals surface area contributed by atoms with Gasteiger partial charge in [0.05, 0.1) is 30.2 Å². The second-order valence-electron chi connectivity index (χ2n) is 18.9. The van der Waals surface area contributed by atoms with E-state index in [1.165, 1.54) is 52.4 Å². The number of nitrogens with two attached hydrogens (primary N) is 2. The predicted octanol–water partition coefficient (Wildman–Crippen LogP) is 1.53. The maximum Gasteiger partial charge on any atom is 0.481 e. The van der Waals surface area contributed by atoms with Gasteiger partial charge >= 0.3 is 7.12 Å². The van der Waals surface area contributed by atoms with Crippen molar-refractivity contribution < 1.29 is 48.0 Å². The Bertz CT molecular complexity index is 1550. The summed E-state index contributed by atoms with van der Waals surface area (Å²) in [5, 5.41) is 26.1. The van der Waals surface area contributed by atoms with E-state index in [1.807, 2.05) is 0 Å². The first-order valence-corrected chi connectivity index (χ1v) is 23.5. The molecule has 0 spiro atoms. The molecule has 2 bridgehead atoms. The third-order valence-corrected chi connectivity index (χ3v) is 13.4. The Balaban J connectivity index is 1.49. The Morgan fingerprint density at radius 1 is 0.730 bits per heavy atom. The van der Waals surface area contributed by atoms with Crippen LogP contribution in [0.3, 0.4) is 0 Å². The highest BCUT2D eigenvalue weighted by atomic mass is 16.7. The normalized spacial score (nSPS) is 23.6. The Morgan fingerprint density at radius 2 is 1.37 bits per heavy atom. The van der Waals surface area contributed by atoms with Gasteiger partial charge in [0.15, 0.2) is 0 Å². The Morgan fingerprint density at radius 3 is 1.97 bits per heavy atom. The number of amides is 7. The largest absolute Gasteiger partial charge is 0.481 e. The molecule has 3 saturated carbocycles. The van der Waals surface area contributed by atoms with Crippen molar-refractivity contribution in [1.29, 1.82) is 0 Å². The zero-order chi connectivity index (χ0) is 46.9. The molecule has 7 amide bonds. The minimum atomic E-state index is -1.54. The highest BCUT2D eigenvalue weighted by Gasteiger charge is 2.68. The van der Waals surface area contributed by atoms with Crippen molar-refractivity contribution in [3.05, 3.63) is 0 Å². The van der Waals surface area contributed by atoms with Crippen LogP contribution in [-0.2, 0) is 42.9 Å². The molecule has 0 aromatic carbocycles. The van der Waals surface area contributed by atoms with Gasteiger partial charge in [0.25, 0.3) is 0 Å². The fourth-order valence-corrected chi connectivity index (χ4v) is 9.27. The second-order valence-corrected chi connectivity index (χ2v) is 18.9. The molecule has 1 saturated heterocycles. The monoisotopic (exact) mass is 891 g/mol. The van der Waals surface area contributed by atoms with Crippen LogP contribution in [0.5, 0.6) is 0 Å². The van der Waals surface area contributed by atoms with Gasteiger partial charge in [-0.15, -0.1) is 0 Å². The van der Waals surface area contributed by atoms with E-state index < -0.39 is 90.8 Å².